The highest BCUT2D eigenvalue weighted by molar-refractivity contribution is 5.66. The smallest absolute Gasteiger partial charge is 0.303 e. The summed E-state index contributed by atoms with van der Waals surface area (Å²) in [6.45, 7) is 6.30. The van der Waals surface area contributed by atoms with Crippen LogP contribution in [0.2, 0.25) is 0 Å². The van der Waals surface area contributed by atoms with Gasteiger partial charge in [0.05, 0.1) is 7.11 Å². The van der Waals surface area contributed by atoms with Gasteiger partial charge in [-0.2, -0.15) is 0 Å². The van der Waals surface area contributed by atoms with Gasteiger partial charge < -0.3 is 9.84 Å². The van der Waals surface area contributed by atoms with E-state index in [-0.39, 0.29) is 6.42 Å². The maximum absolute atomic E-state index is 10.5. The van der Waals surface area contributed by atoms with Gasteiger partial charge in [-0.1, -0.05) is 13.0 Å². The summed E-state index contributed by atoms with van der Waals surface area (Å²) >= 11 is 0. The van der Waals surface area contributed by atoms with Crippen LogP contribution in [0.3, 0.4) is 0 Å². The molecule has 1 aromatic rings. The molecule has 1 rings (SSSR count). The number of carboxylic acid groups (broad SMARTS) is 1. The fourth-order valence-electron chi connectivity index (χ4n) is 2.29. The summed E-state index contributed by atoms with van der Waals surface area (Å²) in [5.74, 6) is 0.577. The number of carbonyl (C=O) groups is 1. The first-order valence-electron chi connectivity index (χ1n) is 6.33. The van der Waals surface area contributed by atoms with Gasteiger partial charge in [-0.3, -0.25) is 4.79 Å². The molecule has 0 radical (unpaired) electrons. The van der Waals surface area contributed by atoms with Crippen LogP contribution >= 0.6 is 0 Å². The molecule has 1 atom stereocenters. The van der Waals surface area contributed by atoms with E-state index in [0.717, 1.165) is 18.6 Å². The summed E-state index contributed by atoms with van der Waals surface area (Å²) in [6, 6.07) is 4.08. The van der Waals surface area contributed by atoms with E-state index in [1.165, 1.54) is 16.7 Å². The molecule has 0 saturated carbocycles. The van der Waals surface area contributed by atoms with Crippen molar-refractivity contribution in [3.05, 3.63) is 28.8 Å². The Morgan fingerprint density at radius 3 is 2.56 bits per heavy atom. The largest absolute Gasteiger partial charge is 0.496 e. The first kappa shape index (κ1) is 14.6. The fourth-order valence-corrected chi connectivity index (χ4v) is 2.29. The van der Waals surface area contributed by atoms with E-state index in [0.29, 0.717) is 5.92 Å². The third kappa shape index (κ3) is 3.49. The van der Waals surface area contributed by atoms with Gasteiger partial charge >= 0.3 is 5.97 Å². The highest BCUT2D eigenvalue weighted by Crippen LogP contribution is 2.30. The Kier molecular flexibility index (Phi) is 5.20. The molecule has 0 aliphatic carbocycles. The highest BCUT2D eigenvalue weighted by atomic mass is 16.5. The van der Waals surface area contributed by atoms with Gasteiger partial charge in [0.2, 0.25) is 0 Å². The molecule has 1 unspecified atom stereocenters. The van der Waals surface area contributed by atoms with Crippen molar-refractivity contribution in [2.45, 2.75) is 46.0 Å². The Balaban J connectivity index is 2.77. The second-order valence-electron chi connectivity index (χ2n) is 4.79. The number of rotatable bonds is 6. The lowest BCUT2D eigenvalue weighted by Crippen LogP contribution is -2.02. The van der Waals surface area contributed by atoms with Crippen LogP contribution in [0.1, 0.15) is 48.8 Å². The minimum atomic E-state index is -0.718. The monoisotopic (exact) mass is 250 g/mol. The molecule has 0 spiro atoms. The Morgan fingerprint density at radius 1 is 1.33 bits per heavy atom. The van der Waals surface area contributed by atoms with Gasteiger partial charge in [-0.25, -0.2) is 0 Å². The molecule has 3 heteroatoms. The van der Waals surface area contributed by atoms with Gasteiger partial charge in [-0.05, 0) is 55.4 Å². The van der Waals surface area contributed by atoms with Crippen LogP contribution in [0, 0.1) is 13.8 Å². The first-order chi connectivity index (χ1) is 8.47. The number of aliphatic carboxylic acids is 1. The van der Waals surface area contributed by atoms with Crippen molar-refractivity contribution in [3.63, 3.8) is 0 Å². The first-order valence-corrected chi connectivity index (χ1v) is 6.33. The third-order valence-corrected chi connectivity index (χ3v) is 3.56. The molecule has 0 fully saturated rings. The number of carboxylic acids is 1. The van der Waals surface area contributed by atoms with E-state index in [4.69, 9.17) is 9.84 Å². The standard InChI is InChI=1S/C15H22O3/c1-10(6-5-7-15(16)17)13-8-9-14(18-4)12(3)11(13)2/h8-10H,5-7H2,1-4H3,(H,16,17). The number of ether oxygens (including phenoxy) is 1. The van der Waals surface area contributed by atoms with Crippen molar-refractivity contribution in [1.82, 2.24) is 0 Å². The Labute approximate surface area is 109 Å². The predicted molar refractivity (Wildman–Crippen MR) is 72.4 cm³/mol. The summed E-state index contributed by atoms with van der Waals surface area (Å²) < 4.78 is 5.30. The van der Waals surface area contributed by atoms with Crippen LogP contribution in [0.5, 0.6) is 5.75 Å². The van der Waals surface area contributed by atoms with E-state index >= 15 is 0 Å². The van der Waals surface area contributed by atoms with Crippen molar-refractivity contribution in [2.75, 3.05) is 7.11 Å². The van der Waals surface area contributed by atoms with Crippen molar-refractivity contribution in [1.29, 1.82) is 0 Å². The second-order valence-corrected chi connectivity index (χ2v) is 4.79. The Morgan fingerprint density at radius 2 is 2.00 bits per heavy atom. The van der Waals surface area contributed by atoms with E-state index in [2.05, 4.69) is 26.8 Å². The molecule has 100 valence electrons. The average Bonchev–Trinajstić information content (AvgIpc) is 2.32. The molecular weight excluding hydrogens is 228 g/mol. The van der Waals surface area contributed by atoms with Gasteiger partial charge in [0, 0.05) is 6.42 Å². The maximum Gasteiger partial charge on any atom is 0.303 e. The zero-order valence-electron chi connectivity index (χ0n) is 11.6. The Bertz CT molecular complexity index is 424. The van der Waals surface area contributed by atoms with Crippen LogP contribution in [0.15, 0.2) is 12.1 Å². The van der Waals surface area contributed by atoms with Crippen molar-refractivity contribution in [2.24, 2.45) is 0 Å². The topological polar surface area (TPSA) is 46.5 Å². The number of benzene rings is 1. The summed E-state index contributed by atoms with van der Waals surface area (Å²) in [4.78, 5) is 10.5. The van der Waals surface area contributed by atoms with Crippen molar-refractivity contribution in [3.8, 4) is 5.75 Å². The lowest BCUT2D eigenvalue weighted by atomic mass is 9.89. The van der Waals surface area contributed by atoms with E-state index in [1.54, 1.807) is 7.11 Å². The van der Waals surface area contributed by atoms with Crippen molar-refractivity contribution < 1.29 is 14.6 Å². The minimum Gasteiger partial charge on any atom is -0.496 e. The van der Waals surface area contributed by atoms with Crippen LogP contribution in [0.25, 0.3) is 0 Å². The van der Waals surface area contributed by atoms with Gasteiger partial charge in [0.25, 0.3) is 0 Å². The minimum absolute atomic E-state index is 0.249. The lowest BCUT2D eigenvalue weighted by Gasteiger charge is -2.17. The molecule has 1 N–H and O–H groups in total. The molecule has 1 aromatic carbocycles. The lowest BCUT2D eigenvalue weighted by molar-refractivity contribution is -0.137. The SMILES string of the molecule is COc1ccc(C(C)CCCC(=O)O)c(C)c1C. The number of hydrogen-bond acceptors (Lipinski definition) is 2. The third-order valence-electron chi connectivity index (χ3n) is 3.56. The predicted octanol–water partition coefficient (Wildman–Crippen LogP) is 3.67. The van der Waals surface area contributed by atoms with Gasteiger partial charge in [-0.15, -0.1) is 0 Å². The van der Waals surface area contributed by atoms with Gasteiger partial charge in [0.1, 0.15) is 5.75 Å². The second kappa shape index (κ2) is 6.43. The summed E-state index contributed by atoms with van der Waals surface area (Å²) in [7, 11) is 1.68. The molecule has 18 heavy (non-hydrogen) atoms. The molecule has 0 amide bonds. The molecule has 0 aliphatic rings. The fraction of sp³-hybridized carbons (Fsp3) is 0.533. The zero-order valence-corrected chi connectivity index (χ0v) is 11.6. The number of hydrogen-bond donors (Lipinski definition) is 1. The van der Waals surface area contributed by atoms with Crippen LogP contribution in [-0.4, -0.2) is 18.2 Å². The molecular formula is C15H22O3. The normalized spacial score (nSPS) is 12.2. The molecule has 0 saturated heterocycles. The van der Waals surface area contributed by atoms with E-state index in [9.17, 15) is 4.79 Å². The molecule has 0 aromatic heterocycles. The molecule has 0 bridgehead atoms. The maximum atomic E-state index is 10.5. The van der Waals surface area contributed by atoms with E-state index < -0.39 is 5.97 Å². The average molecular weight is 250 g/mol. The number of methoxy groups -OCH3 is 1. The van der Waals surface area contributed by atoms with E-state index in [1.807, 2.05) is 6.07 Å². The van der Waals surface area contributed by atoms with Crippen LogP contribution < -0.4 is 4.74 Å². The van der Waals surface area contributed by atoms with Crippen molar-refractivity contribution >= 4 is 5.97 Å². The van der Waals surface area contributed by atoms with Crippen LogP contribution in [-0.2, 0) is 4.79 Å². The molecule has 0 heterocycles. The zero-order chi connectivity index (χ0) is 13.7. The molecule has 0 aliphatic heterocycles. The van der Waals surface area contributed by atoms with Gasteiger partial charge in [0.15, 0.2) is 0 Å². The Hall–Kier alpha value is -1.51. The quantitative estimate of drug-likeness (QED) is 0.838. The molecule has 3 nitrogen and oxygen atoms in total. The van der Waals surface area contributed by atoms with Crippen LogP contribution in [0.4, 0.5) is 0 Å². The summed E-state index contributed by atoms with van der Waals surface area (Å²) in [6.07, 6.45) is 1.87. The summed E-state index contributed by atoms with van der Waals surface area (Å²) in [5.41, 5.74) is 3.70. The summed E-state index contributed by atoms with van der Waals surface area (Å²) in [5, 5.41) is 8.65. The highest BCUT2D eigenvalue weighted by Gasteiger charge is 2.12.